The van der Waals surface area contributed by atoms with Gasteiger partial charge >= 0.3 is 0 Å². The summed E-state index contributed by atoms with van der Waals surface area (Å²) in [5.41, 5.74) is 1.04. The Bertz CT molecular complexity index is 1050. The fraction of sp³-hybridized carbons (Fsp3) is 0.500. The van der Waals surface area contributed by atoms with Gasteiger partial charge in [0.2, 0.25) is 5.91 Å². The molecule has 1 heterocycles. The minimum Gasteiger partial charge on any atom is -0.457 e. The number of anilines is 1. The van der Waals surface area contributed by atoms with Crippen LogP contribution in [0.25, 0.3) is 0 Å². The molecule has 2 aromatic rings. The minimum absolute atomic E-state index is 0.0314. The molecule has 34 heavy (non-hydrogen) atoms. The van der Waals surface area contributed by atoms with Crippen molar-refractivity contribution < 1.29 is 9.53 Å². The van der Waals surface area contributed by atoms with Crippen LogP contribution in [0.1, 0.15) is 45.4 Å². The van der Waals surface area contributed by atoms with E-state index >= 15 is 0 Å². The Hall–Kier alpha value is -2.47. The second-order valence-electron chi connectivity index (χ2n) is 10.7. The Balaban J connectivity index is 1.20. The van der Waals surface area contributed by atoms with Crippen molar-refractivity contribution in [2.24, 2.45) is 22.7 Å². The molecule has 1 amide bonds. The first kappa shape index (κ1) is 22.0. The van der Waals surface area contributed by atoms with Crippen LogP contribution in [-0.4, -0.2) is 40.5 Å². The fourth-order valence-corrected chi connectivity index (χ4v) is 8.37. The molecule has 7 rings (SSSR count). The van der Waals surface area contributed by atoms with E-state index in [1.54, 1.807) is 6.92 Å². The first-order valence-corrected chi connectivity index (χ1v) is 13.5. The van der Waals surface area contributed by atoms with Crippen molar-refractivity contribution in [2.45, 2.75) is 57.2 Å². The molecule has 2 aromatic carbocycles. The van der Waals surface area contributed by atoms with Crippen molar-refractivity contribution >= 4 is 28.5 Å². The van der Waals surface area contributed by atoms with Gasteiger partial charge in [0.05, 0.1) is 5.54 Å². The molecule has 0 radical (unpaired) electrons. The highest BCUT2D eigenvalue weighted by molar-refractivity contribution is 8.14. The number of para-hydroxylation sites is 1. The highest BCUT2D eigenvalue weighted by atomic mass is 32.2. The average molecular weight is 476 g/mol. The Kier molecular flexibility index (Phi) is 5.59. The lowest BCUT2D eigenvalue weighted by Crippen LogP contribution is -2.51. The second-order valence-corrected chi connectivity index (χ2v) is 11.7. The van der Waals surface area contributed by atoms with E-state index in [0.717, 1.165) is 45.9 Å². The van der Waals surface area contributed by atoms with Crippen LogP contribution in [0.15, 0.2) is 59.6 Å². The van der Waals surface area contributed by atoms with Crippen molar-refractivity contribution in [3.05, 3.63) is 54.6 Å². The smallest absolute Gasteiger partial charge is 0.225 e. The van der Waals surface area contributed by atoms with E-state index in [4.69, 9.17) is 9.73 Å². The summed E-state index contributed by atoms with van der Waals surface area (Å²) >= 11 is 1.81. The molecule has 5 nitrogen and oxygen atoms in total. The van der Waals surface area contributed by atoms with Gasteiger partial charge in [-0.1, -0.05) is 30.0 Å². The second kappa shape index (κ2) is 8.63. The third-order valence-electron chi connectivity index (χ3n) is 8.18. The van der Waals surface area contributed by atoms with Crippen molar-refractivity contribution in [1.29, 1.82) is 0 Å². The van der Waals surface area contributed by atoms with Gasteiger partial charge in [0.1, 0.15) is 17.7 Å². The van der Waals surface area contributed by atoms with E-state index in [1.807, 2.05) is 71.3 Å². The van der Waals surface area contributed by atoms with E-state index < -0.39 is 0 Å². The fourth-order valence-electron chi connectivity index (χ4n) is 7.12. The molecule has 6 heteroatoms. The van der Waals surface area contributed by atoms with Gasteiger partial charge in [-0.05, 0) is 92.7 Å². The summed E-state index contributed by atoms with van der Waals surface area (Å²) in [5.74, 6) is 5.09. The summed E-state index contributed by atoms with van der Waals surface area (Å²) in [7, 11) is 2.10. The summed E-state index contributed by atoms with van der Waals surface area (Å²) in [6.45, 7) is 1.65. The number of ether oxygens (including phenoxy) is 1. The summed E-state index contributed by atoms with van der Waals surface area (Å²) in [5, 5.41) is 1.11. The maximum absolute atomic E-state index is 12.8. The predicted molar refractivity (Wildman–Crippen MR) is 138 cm³/mol. The number of nitrogens with zero attached hydrogens (tertiary/aromatic N) is 3. The number of rotatable bonds is 5. The molecule has 4 bridgehead atoms. The standard InChI is InChI=1S/C28H33N3O2S/c1-19(32)31(23-8-10-25(11-9-23)33-24-6-4-3-5-7-24)26-18-34-27(30(26)2)29-28-15-20-12-21(16-28)14-22(13-20)17-28/h3-11,20-22,26H,12-18H2,1-2H3. The molecule has 1 saturated heterocycles. The molecular formula is C28H33N3O2S. The zero-order valence-corrected chi connectivity index (χ0v) is 20.8. The normalized spacial score (nSPS) is 32.9. The van der Waals surface area contributed by atoms with Gasteiger partial charge in [-0.2, -0.15) is 0 Å². The number of amides is 1. The first-order chi connectivity index (χ1) is 16.5. The molecule has 4 saturated carbocycles. The number of aliphatic imine (C=N–C) groups is 1. The third-order valence-corrected chi connectivity index (χ3v) is 9.28. The van der Waals surface area contributed by atoms with Crippen LogP contribution >= 0.6 is 11.8 Å². The molecule has 4 aliphatic carbocycles. The van der Waals surface area contributed by atoms with Gasteiger partial charge in [0, 0.05) is 25.4 Å². The lowest BCUT2D eigenvalue weighted by atomic mass is 9.53. The lowest BCUT2D eigenvalue weighted by Gasteiger charge is -2.55. The van der Waals surface area contributed by atoms with Crippen molar-refractivity contribution in [2.75, 3.05) is 17.7 Å². The van der Waals surface area contributed by atoms with E-state index in [1.165, 1.54) is 38.5 Å². The molecule has 0 aromatic heterocycles. The van der Waals surface area contributed by atoms with E-state index in [9.17, 15) is 4.79 Å². The maximum atomic E-state index is 12.8. The number of amidine groups is 1. The molecule has 0 spiro atoms. The zero-order chi connectivity index (χ0) is 23.3. The molecule has 1 aliphatic heterocycles. The molecule has 1 atom stereocenters. The van der Waals surface area contributed by atoms with E-state index in [2.05, 4.69) is 11.9 Å². The van der Waals surface area contributed by atoms with E-state index in [0.29, 0.717) is 0 Å². The first-order valence-electron chi connectivity index (χ1n) is 12.6. The van der Waals surface area contributed by atoms with Crippen molar-refractivity contribution in [3.63, 3.8) is 0 Å². The predicted octanol–water partition coefficient (Wildman–Crippen LogP) is 6.16. The molecule has 5 fully saturated rings. The van der Waals surface area contributed by atoms with E-state index in [-0.39, 0.29) is 17.6 Å². The quantitative estimate of drug-likeness (QED) is 0.519. The topological polar surface area (TPSA) is 45.1 Å². The Morgan fingerprint density at radius 1 is 0.971 bits per heavy atom. The third kappa shape index (κ3) is 4.10. The van der Waals surface area contributed by atoms with Crippen LogP contribution in [0.3, 0.4) is 0 Å². The van der Waals surface area contributed by atoms with Crippen molar-refractivity contribution in [3.8, 4) is 11.5 Å². The zero-order valence-electron chi connectivity index (χ0n) is 20.0. The number of carbonyl (C=O) groups excluding carboxylic acids is 1. The van der Waals surface area contributed by atoms with Gasteiger partial charge in [0.15, 0.2) is 5.17 Å². The molecule has 0 N–H and O–H groups in total. The van der Waals surface area contributed by atoms with Gasteiger partial charge in [-0.3, -0.25) is 14.7 Å². The Labute approximate surface area is 206 Å². The highest BCUT2D eigenvalue weighted by Crippen LogP contribution is 2.57. The van der Waals surface area contributed by atoms with Crippen LogP contribution in [0.4, 0.5) is 5.69 Å². The summed E-state index contributed by atoms with van der Waals surface area (Å²) in [4.78, 5) is 22.4. The summed E-state index contributed by atoms with van der Waals surface area (Å²) < 4.78 is 5.93. The highest BCUT2D eigenvalue weighted by Gasteiger charge is 2.51. The van der Waals surface area contributed by atoms with Gasteiger partial charge < -0.3 is 9.64 Å². The van der Waals surface area contributed by atoms with Gasteiger partial charge in [-0.25, -0.2) is 0 Å². The number of hydrogen-bond acceptors (Lipinski definition) is 4. The monoisotopic (exact) mass is 475 g/mol. The average Bonchev–Trinajstić information content (AvgIpc) is 3.14. The molecule has 1 unspecified atom stereocenters. The summed E-state index contributed by atoms with van der Waals surface area (Å²) in [6, 6.07) is 17.6. The summed E-state index contributed by atoms with van der Waals surface area (Å²) in [6.07, 6.45) is 8.05. The number of carbonyl (C=O) groups is 1. The van der Waals surface area contributed by atoms with Gasteiger partial charge in [-0.15, -0.1) is 0 Å². The minimum atomic E-state index is -0.0314. The van der Waals surface area contributed by atoms with Crippen molar-refractivity contribution in [1.82, 2.24) is 4.90 Å². The lowest BCUT2D eigenvalue weighted by molar-refractivity contribution is -0.117. The largest absolute Gasteiger partial charge is 0.457 e. The number of thioether (sulfide) groups is 1. The maximum Gasteiger partial charge on any atom is 0.225 e. The SMILES string of the molecule is CC(=O)N(c1ccc(Oc2ccccc2)cc1)C1CSC(=NC23CC4CC(CC(C4)C2)C3)N1C. The van der Waals surface area contributed by atoms with Crippen LogP contribution < -0.4 is 9.64 Å². The van der Waals surface area contributed by atoms with Crippen LogP contribution in [0.2, 0.25) is 0 Å². The van der Waals surface area contributed by atoms with Gasteiger partial charge in [0.25, 0.3) is 0 Å². The Morgan fingerprint density at radius 3 is 2.15 bits per heavy atom. The Morgan fingerprint density at radius 2 is 1.56 bits per heavy atom. The molecular weight excluding hydrogens is 442 g/mol. The number of hydrogen-bond donors (Lipinski definition) is 0. The molecule has 5 aliphatic rings. The number of benzene rings is 2. The molecule has 178 valence electrons. The van der Waals surface area contributed by atoms with Crippen LogP contribution in [0, 0.1) is 17.8 Å². The van der Waals surface area contributed by atoms with Crippen LogP contribution in [0.5, 0.6) is 11.5 Å². The van der Waals surface area contributed by atoms with Crippen LogP contribution in [-0.2, 0) is 4.79 Å².